The fourth-order valence-corrected chi connectivity index (χ4v) is 4.34. The molecule has 188 valence electrons. The second kappa shape index (κ2) is 13.6. The van der Waals surface area contributed by atoms with Crippen LogP contribution in [0, 0.1) is 0 Å². The molecular weight excluding hydrogens is 528 g/mol. The van der Waals surface area contributed by atoms with Gasteiger partial charge in [-0.1, -0.05) is 48.2 Å². The molecule has 0 bridgehead atoms. The summed E-state index contributed by atoms with van der Waals surface area (Å²) in [6.45, 7) is 5.85. The van der Waals surface area contributed by atoms with Crippen molar-refractivity contribution >= 4 is 50.8 Å². The lowest BCUT2D eigenvalue weighted by molar-refractivity contribution is 0.0664. The number of halogens is 1. The number of hydrogen-bond donors (Lipinski definition) is 2. The summed E-state index contributed by atoms with van der Waals surface area (Å²) in [5, 5.41) is 5.88. The Morgan fingerprint density at radius 2 is 1.83 bits per heavy atom. The van der Waals surface area contributed by atoms with Gasteiger partial charge in [-0.3, -0.25) is 14.9 Å². The Bertz CT molecular complexity index is 1040. The molecular formula is C26H33BrN4O3S. The Morgan fingerprint density at radius 3 is 2.57 bits per heavy atom. The summed E-state index contributed by atoms with van der Waals surface area (Å²) in [5.41, 5.74) is 1.62. The Balaban J connectivity index is 1.59. The predicted octanol–water partition coefficient (Wildman–Crippen LogP) is 4.92. The molecule has 0 spiro atoms. The molecule has 9 heteroatoms. The van der Waals surface area contributed by atoms with Crippen LogP contribution in [0.4, 0.5) is 5.69 Å². The largest absolute Gasteiger partial charge is 0.493 e. The molecule has 1 aliphatic rings. The fraction of sp³-hybridized carbons (Fsp3) is 0.423. The van der Waals surface area contributed by atoms with E-state index in [4.69, 9.17) is 17.0 Å². The van der Waals surface area contributed by atoms with Crippen LogP contribution in [-0.2, 0) is 0 Å². The van der Waals surface area contributed by atoms with Gasteiger partial charge in [0.05, 0.1) is 12.2 Å². The smallest absolute Gasteiger partial charge is 0.261 e. The summed E-state index contributed by atoms with van der Waals surface area (Å²) in [4.78, 5) is 29.9. The molecule has 1 heterocycles. The number of hydrogen-bond acceptors (Lipinski definition) is 5. The van der Waals surface area contributed by atoms with Crippen LogP contribution < -0.4 is 15.4 Å². The van der Waals surface area contributed by atoms with Gasteiger partial charge >= 0.3 is 0 Å². The van der Waals surface area contributed by atoms with E-state index in [9.17, 15) is 9.59 Å². The SMILES string of the molecule is CCCCCCOc1ccc(Br)cc1C(=O)NC(=S)Nc1cccc(C(=O)N2CCN(C)CC2)c1. The topological polar surface area (TPSA) is 73.9 Å². The Morgan fingerprint density at radius 1 is 1.06 bits per heavy atom. The number of nitrogens with zero attached hydrogens (tertiary/aromatic N) is 2. The molecule has 3 rings (SSSR count). The molecule has 2 amide bonds. The van der Waals surface area contributed by atoms with E-state index in [1.807, 2.05) is 17.0 Å². The van der Waals surface area contributed by atoms with Crippen LogP contribution in [0.2, 0.25) is 0 Å². The normalized spacial score (nSPS) is 13.9. The summed E-state index contributed by atoms with van der Waals surface area (Å²) in [7, 11) is 2.05. The van der Waals surface area contributed by atoms with E-state index in [1.54, 1.807) is 30.3 Å². The van der Waals surface area contributed by atoms with Crippen molar-refractivity contribution in [1.82, 2.24) is 15.1 Å². The summed E-state index contributed by atoms with van der Waals surface area (Å²) in [6.07, 6.45) is 4.36. The molecule has 2 aromatic carbocycles. The van der Waals surface area contributed by atoms with Crippen LogP contribution in [0.1, 0.15) is 53.3 Å². The molecule has 1 aliphatic heterocycles. The standard InChI is InChI=1S/C26H33BrN4O3S/c1-3-4-5-6-16-34-23-11-10-20(27)18-22(23)24(32)29-26(35)28-21-9-7-8-19(17-21)25(33)31-14-12-30(2)13-15-31/h7-11,17-18H,3-6,12-16H2,1-2H3,(H2,28,29,32,35). The molecule has 1 fully saturated rings. The van der Waals surface area contributed by atoms with Gasteiger partial charge < -0.3 is 19.9 Å². The van der Waals surface area contributed by atoms with Crippen molar-refractivity contribution in [2.24, 2.45) is 0 Å². The highest BCUT2D eigenvalue weighted by Crippen LogP contribution is 2.24. The van der Waals surface area contributed by atoms with Crippen LogP contribution in [0.3, 0.4) is 0 Å². The third-order valence-electron chi connectivity index (χ3n) is 5.83. The molecule has 1 saturated heterocycles. The van der Waals surface area contributed by atoms with Crippen LogP contribution in [0.5, 0.6) is 5.75 Å². The number of thiocarbonyl (C=S) groups is 1. The van der Waals surface area contributed by atoms with Crippen molar-refractivity contribution in [1.29, 1.82) is 0 Å². The molecule has 0 aliphatic carbocycles. The third-order valence-corrected chi connectivity index (χ3v) is 6.52. The van der Waals surface area contributed by atoms with Gasteiger partial charge in [-0.05, 0) is 62.1 Å². The minimum atomic E-state index is -0.364. The lowest BCUT2D eigenvalue weighted by atomic mass is 10.1. The van der Waals surface area contributed by atoms with Gasteiger partial charge in [-0.2, -0.15) is 0 Å². The van der Waals surface area contributed by atoms with Crippen molar-refractivity contribution in [3.8, 4) is 5.75 Å². The third kappa shape index (κ3) is 8.30. The van der Waals surface area contributed by atoms with Crippen molar-refractivity contribution in [3.63, 3.8) is 0 Å². The summed E-state index contributed by atoms with van der Waals surface area (Å²) >= 11 is 8.80. The van der Waals surface area contributed by atoms with E-state index in [0.29, 0.717) is 42.3 Å². The number of benzene rings is 2. The molecule has 0 unspecified atom stereocenters. The van der Waals surface area contributed by atoms with E-state index in [-0.39, 0.29) is 16.9 Å². The number of unbranched alkanes of at least 4 members (excludes halogenated alkanes) is 3. The number of piperazine rings is 1. The van der Waals surface area contributed by atoms with E-state index >= 15 is 0 Å². The quantitative estimate of drug-likeness (QED) is 0.335. The number of carbonyl (C=O) groups excluding carboxylic acids is 2. The average Bonchev–Trinajstić information content (AvgIpc) is 2.84. The first kappa shape index (κ1) is 27.1. The molecule has 0 aromatic heterocycles. The molecule has 2 N–H and O–H groups in total. The lowest BCUT2D eigenvalue weighted by Crippen LogP contribution is -2.47. The van der Waals surface area contributed by atoms with Gasteiger partial charge in [0.2, 0.25) is 0 Å². The van der Waals surface area contributed by atoms with Crippen molar-refractivity contribution in [2.45, 2.75) is 32.6 Å². The van der Waals surface area contributed by atoms with E-state index in [2.05, 4.69) is 45.4 Å². The van der Waals surface area contributed by atoms with Gasteiger partial charge in [-0.15, -0.1) is 0 Å². The summed E-state index contributed by atoms with van der Waals surface area (Å²) in [5.74, 6) is 0.147. The zero-order chi connectivity index (χ0) is 25.2. The van der Waals surface area contributed by atoms with Crippen LogP contribution in [0.25, 0.3) is 0 Å². The number of nitrogens with one attached hydrogen (secondary N) is 2. The first-order valence-electron chi connectivity index (χ1n) is 12.0. The highest BCUT2D eigenvalue weighted by atomic mass is 79.9. The zero-order valence-corrected chi connectivity index (χ0v) is 22.7. The summed E-state index contributed by atoms with van der Waals surface area (Å²) < 4.78 is 6.65. The molecule has 0 saturated carbocycles. The minimum Gasteiger partial charge on any atom is -0.493 e. The van der Waals surface area contributed by atoms with Crippen molar-refractivity contribution in [3.05, 3.63) is 58.1 Å². The zero-order valence-electron chi connectivity index (χ0n) is 20.3. The van der Waals surface area contributed by atoms with Crippen LogP contribution in [-0.4, -0.2) is 66.6 Å². The Kier molecular flexibility index (Phi) is 10.5. The highest BCUT2D eigenvalue weighted by Gasteiger charge is 2.21. The number of likely N-dealkylation sites (N-methyl/N-ethyl adjacent to an activating group) is 1. The van der Waals surface area contributed by atoms with Gasteiger partial charge in [0, 0.05) is 41.9 Å². The number of rotatable bonds is 9. The average molecular weight is 562 g/mol. The van der Waals surface area contributed by atoms with Crippen molar-refractivity contribution in [2.75, 3.05) is 45.2 Å². The Hall–Kier alpha value is -2.49. The first-order chi connectivity index (χ1) is 16.9. The maximum Gasteiger partial charge on any atom is 0.261 e. The highest BCUT2D eigenvalue weighted by molar-refractivity contribution is 9.10. The molecule has 35 heavy (non-hydrogen) atoms. The second-order valence-electron chi connectivity index (χ2n) is 8.63. The van der Waals surface area contributed by atoms with Gasteiger partial charge in [0.1, 0.15) is 5.75 Å². The van der Waals surface area contributed by atoms with Gasteiger partial charge in [-0.25, -0.2) is 0 Å². The van der Waals surface area contributed by atoms with Crippen LogP contribution in [0.15, 0.2) is 46.9 Å². The minimum absolute atomic E-state index is 0.00781. The number of ether oxygens (including phenoxy) is 1. The van der Waals surface area contributed by atoms with E-state index in [0.717, 1.165) is 36.8 Å². The number of carbonyl (C=O) groups is 2. The number of amides is 2. The maximum atomic E-state index is 13.0. The fourth-order valence-electron chi connectivity index (χ4n) is 3.77. The molecule has 0 radical (unpaired) electrons. The van der Waals surface area contributed by atoms with E-state index in [1.165, 1.54) is 6.42 Å². The van der Waals surface area contributed by atoms with Crippen molar-refractivity contribution < 1.29 is 14.3 Å². The lowest BCUT2D eigenvalue weighted by Gasteiger charge is -2.32. The van der Waals surface area contributed by atoms with Crippen LogP contribution >= 0.6 is 28.1 Å². The van der Waals surface area contributed by atoms with Gasteiger partial charge in [0.25, 0.3) is 11.8 Å². The maximum absolute atomic E-state index is 13.0. The predicted molar refractivity (Wildman–Crippen MR) is 147 cm³/mol. The molecule has 2 aromatic rings. The first-order valence-corrected chi connectivity index (χ1v) is 13.2. The number of anilines is 1. The molecule has 0 atom stereocenters. The Labute approximate surface area is 221 Å². The van der Waals surface area contributed by atoms with E-state index < -0.39 is 0 Å². The van der Waals surface area contributed by atoms with Gasteiger partial charge in [0.15, 0.2) is 5.11 Å². The molecule has 7 nitrogen and oxygen atoms in total. The second-order valence-corrected chi connectivity index (χ2v) is 9.96. The monoisotopic (exact) mass is 560 g/mol. The summed E-state index contributed by atoms with van der Waals surface area (Å²) in [6, 6.07) is 12.5.